The fraction of sp³-hybridized carbons (Fsp3) is 1.00. The van der Waals surface area contributed by atoms with Crippen molar-refractivity contribution < 1.29 is 0 Å². The minimum absolute atomic E-state index is 0.0486. The van der Waals surface area contributed by atoms with Gasteiger partial charge in [-0.1, -0.05) is 26.1 Å². The van der Waals surface area contributed by atoms with E-state index in [2.05, 4.69) is 20.8 Å². The lowest BCUT2D eigenvalue weighted by molar-refractivity contribution is 0.419. The summed E-state index contributed by atoms with van der Waals surface area (Å²) in [4.78, 5) is 0. The van der Waals surface area contributed by atoms with Crippen LogP contribution in [0, 0.1) is 5.41 Å². The van der Waals surface area contributed by atoms with Gasteiger partial charge in [-0.15, -0.1) is 0 Å². The molecule has 0 N–H and O–H groups in total. The van der Waals surface area contributed by atoms with Crippen LogP contribution in [0.25, 0.3) is 0 Å². The van der Waals surface area contributed by atoms with Gasteiger partial charge in [-0.2, -0.15) is 0 Å². The van der Waals surface area contributed by atoms with Crippen molar-refractivity contribution in [1.82, 2.24) is 0 Å². The van der Waals surface area contributed by atoms with E-state index < -0.39 is 0 Å². The zero-order valence-corrected chi connectivity index (χ0v) is 5.99. The average molecular weight is 108 g/mol. The topological polar surface area (TPSA) is 0 Å². The predicted octanol–water partition coefficient (Wildman–Crippen LogP) is 2.15. The average Bonchev–Trinajstić information content (AvgIpc) is 2.16. The van der Waals surface area contributed by atoms with Crippen LogP contribution >= 0.6 is 0 Å². The standard InChI is InChI=1S/C7H13B/c1-6(2,8)7(3)4-5-7/h4-5H2,1-3H3. The summed E-state index contributed by atoms with van der Waals surface area (Å²) in [6, 6.07) is 0. The molecule has 1 fully saturated rings. The Hall–Kier alpha value is 0.0649. The molecule has 1 aliphatic rings. The van der Waals surface area contributed by atoms with Gasteiger partial charge < -0.3 is 0 Å². The van der Waals surface area contributed by atoms with Gasteiger partial charge in [0.15, 0.2) is 0 Å². The highest BCUT2D eigenvalue weighted by Crippen LogP contribution is 2.60. The summed E-state index contributed by atoms with van der Waals surface area (Å²) in [7, 11) is 5.88. The molecule has 1 heteroatoms. The van der Waals surface area contributed by atoms with E-state index in [0.29, 0.717) is 5.41 Å². The molecule has 44 valence electrons. The Balaban J connectivity index is 2.58. The number of hydrogen-bond acceptors (Lipinski definition) is 0. The Labute approximate surface area is 53.1 Å². The zero-order valence-electron chi connectivity index (χ0n) is 5.99. The quantitative estimate of drug-likeness (QED) is 0.451. The van der Waals surface area contributed by atoms with Crippen molar-refractivity contribution in [1.29, 1.82) is 0 Å². The summed E-state index contributed by atoms with van der Waals surface area (Å²) < 4.78 is 0. The van der Waals surface area contributed by atoms with Crippen molar-refractivity contribution >= 4 is 7.85 Å². The van der Waals surface area contributed by atoms with E-state index in [-0.39, 0.29) is 5.31 Å². The van der Waals surface area contributed by atoms with Gasteiger partial charge in [-0.3, -0.25) is 0 Å². The van der Waals surface area contributed by atoms with E-state index in [4.69, 9.17) is 7.85 Å². The van der Waals surface area contributed by atoms with Crippen LogP contribution in [-0.2, 0) is 0 Å². The van der Waals surface area contributed by atoms with Gasteiger partial charge in [0.05, 0.1) is 7.85 Å². The maximum Gasteiger partial charge on any atom is 0.0746 e. The molecule has 1 rings (SSSR count). The van der Waals surface area contributed by atoms with Crippen LogP contribution in [-0.4, -0.2) is 7.85 Å². The molecule has 1 aliphatic carbocycles. The Bertz CT molecular complexity index is 92.2. The summed E-state index contributed by atoms with van der Waals surface area (Å²) >= 11 is 0. The van der Waals surface area contributed by atoms with Gasteiger partial charge in [0.1, 0.15) is 0 Å². The van der Waals surface area contributed by atoms with Crippen LogP contribution in [0.5, 0.6) is 0 Å². The third kappa shape index (κ3) is 0.786. The van der Waals surface area contributed by atoms with E-state index in [1.165, 1.54) is 12.8 Å². The molecule has 0 aromatic rings. The molecule has 2 radical (unpaired) electrons. The summed E-state index contributed by atoms with van der Waals surface area (Å²) in [5, 5.41) is 0.0486. The van der Waals surface area contributed by atoms with Crippen molar-refractivity contribution in [3.05, 3.63) is 0 Å². The smallest absolute Gasteiger partial charge is 0.0674 e. The lowest BCUT2D eigenvalue weighted by Gasteiger charge is -2.27. The van der Waals surface area contributed by atoms with Crippen molar-refractivity contribution in [3.8, 4) is 0 Å². The molecule has 0 aromatic heterocycles. The predicted molar refractivity (Wildman–Crippen MR) is 37.1 cm³/mol. The Kier molecular flexibility index (Phi) is 1.02. The Morgan fingerprint density at radius 2 is 1.75 bits per heavy atom. The van der Waals surface area contributed by atoms with Gasteiger partial charge in [0.25, 0.3) is 0 Å². The third-order valence-electron chi connectivity index (χ3n) is 2.56. The van der Waals surface area contributed by atoms with Gasteiger partial charge in [-0.05, 0) is 18.3 Å². The zero-order chi connectivity index (χ0) is 6.41. The minimum Gasteiger partial charge on any atom is -0.0674 e. The molecule has 8 heavy (non-hydrogen) atoms. The van der Waals surface area contributed by atoms with Crippen molar-refractivity contribution in [2.75, 3.05) is 0 Å². The van der Waals surface area contributed by atoms with E-state index in [0.717, 1.165) is 0 Å². The van der Waals surface area contributed by atoms with Crippen LogP contribution in [0.4, 0.5) is 0 Å². The van der Waals surface area contributed by atoms with E-state index in [9.17, 15) is 0 Å². The molecule has 0 atom stereocenters. The van der Waals surface area contributed by atoms with Crippen LogP contribution in [0.3, 0.4) is 0 Å². The SMILES string of the molecule is [B]C(C)(C)C1(C)CC1. The van der Waals surface area contributed by atoms with E-state index in [1.54, 1.807) is 0 Å². The number of rotatable bonds is 1. The molecule has 0 heterocycles. The minimum atomic E-state index is 0.0486. The second-order valence-corrected chi connectivity index (χ2v) is 3.78. The van der Waals surface area contributed by atoms with Gasteiger partial charge in [-0.25, -0.2) is 0 Å². The molecule has 1 saturated carbocycles. The molecular weight excluding hydrogens is 94.9 g/mol. The van der Waals surface area contributed by atoms with Crippen LogP contribution < -0.4 is 0 Å². The molecule has 0 bridgehead atoms. The highest BCUT2D eigenvalue weighted by atomic mass is 14.5. The molecule has 0 saturated heterocycles. The van der Waals surface area contributed by atoms with Crippen molar-refractivity contribution in [2.45, 2.75) is 38.9 Å². The lowest BCUT2D eigenvalue weighted by Crippen LogP contribution is -2.14. The van der Waals surface area contributed by atoms with Crippen LogP contribution in [0.15, 0.2) is 0 Å². The summed E-state index contributed by atoms with van der Waals surface area (Å²) in [5.74, 6) is 0. The molecular formula is C7H13B. The second-order valence-electron chi connectivity index (χ2n) is 3.78. The molecule has 0 aromatic carbocycles. The number of hydrogen-bond donors (Lipinski definition) is 0. The Morgan fingerprint density at radius 3 is 1.75 bits per heavy atom. The molecule has 0 amide bonds. The first-order chi connectivity index (χ1) is 3.46. The van der Waals surface area contributed by atoms with Gasteiger partial charge >= 0.3 is 0 Å². The first-order valence-electron chi connectivity index (χ1n) is 3.25. The van der Waals surface area contributed by atoms with Crippen LogP contribution in [0.2, 0.25) is 5.31 Å². The summed E-state index contributed by atoms with van der Waals surface area (Å²) in [6.07, 6.45) is 2.63. The second kappa shape index (κ2) is 1.31. The van der Waals surface area contributed by atoms with E-state index in [1.807, 2.05) is 0 Å². The summed E-state index contributed by atoms with van der Waals surface area (Å²) in [5.41, 5.74) is 0.465. The molecule has 0 unspecified atom stereocenters. The van der Waals surface area contributed by atoms with Gasteiger partial charge in [0.2, 0.25) is 0 Å². The molecule has 0 nitrogen and oxygen atoms in total. The lowest BCUT2D eigenvalue weighted by atomic mass is 9.62. The largest absolute Gasteiger partial charge is 0.0746 e. The first kappa shape index (κ1) is 6.19. The molecule has 0 aliphatic heterocycles. The van der Waals surface area contributed by atoms with E-state index >= 15 is 0 Å². The monoisotopic (exact) mass is 108 g/mol. The van der Waals surface area contributed by atoms with Gasteiger partial charge in [0, 0.05) is 0 Å². The highest BCUT2D eigenvalue weighted by Gasteiger charge is 2.46. The fourth-order valence-corrected chi connectivity index (χ4v) is 0.832. The van der Waals surface area contributed by atoms with Crippen LogP contribution in [0.1, 0.15) is 33.6 Å². The van der Waals surface area contributed by atoms with Crippen molar-refractivity contribution in [2.24, 2.45) is 5.41 Å². The van der Waals surface area contributed by atoms with Crippen molar-refractivity contribution in [3.63, 3.8) is 0 Å². The molecule has 0 spiro atoms. The first-order valence-corrected chi connectivity index (χ1v) is 3.25. The highest BCUT2D eigenvalue weighted by molar-refractivity contribution is 6.15. The normalized spacial score (nSPS) is 25.4. The maximum absolute atomic E-state index is 5.88. The fourth-order valence-electron chi connectivity index (χ4n) is 0.832. The third-order valence-corrected chi connectivity index (χ3v) is 2.56. The summed E-state index contributed by atoms with van der Waals surface area (Å²) in [6.45, 7) is 6.48. The maximum atomic E-state index is 5.88. The Morgan fingerprint density at radius 1 is 1.38 bits per heavy atom.